The minimum atomic E-state index is -0.644. The summed E-state index contributed by atoms with van der Waals surface area (Å²) >= 11 is 8.90. The van der Waals surface area contributed by atoms with E-state index in [0.717, 1.165) is 6.07 Å². The molecule has 110 valence electrons. The van der Waals surface area contributed by atoms with Crippen LogP contribution in [0.1, 0.15) is 10.4 Å². The smallest absolute Gasteiger partial charge is 0.257 e. The van der Waals surface area contributed by atoms with E-state index in [0.29, 0.717) is 5.75 Å². The molecule has 7 heteroatoms. The number of anilines is 1. The van der Waals surface area contributed by atoms with Gasteiger partial charge in [-0.05, 0) is 40.2 Å². The predicted octanol–water partition coefficient (Wildman–Crippen LogP) is 4.21. The Bertz CT molecular complexity index is 709. The molecule has 0 saturated carbocycles. The third-order valence-electron chi connectivity index (χ3n) is 2.71. The number of ether oxygens (including phenoxy) is 1. The first-order chi connectivity index (χ1) is 9.92. The number of aromatic hydroxyl groups is 1. The number of phenolic OH excluding ortho intramolecular Hbond substituents is 1. The summed E-state index contributed by atoms with van der Waals surface area (Å²) in [4.78, 5) is 12.1. The molecule has 21 heavy (non-hydrogen) atoms. The molecule has 4 nitrogen and oxygen atoms in total. The fourth-order valence-electron chi connectivity index (χ4n) is 1.63. The van der Waals surface area contributed by atoms with Crippen LogP contribution in [-0.4, -0.2) is 18.1 Å². The quantitative estimate of drug-likeness (QED) is 0.625. The third kappa shape index (κ3) is 3.46. The minimum absolute atomic E-state index is 0.0420. The third-order valence-corrected chi connectivity index (χ3v) is 3.63. The summed E-state index contributed by atoms with van der Waals surface area (Å²) in [5, 5.41) is 12.2. The van der Waals surface area contributed by atoms with Crippen LogP contribution in [0.15, 0.2) is 34.8 Å². The van der Waals surface area contributed by atoms with Gasteiger partial charge in [0.2, 0.25) is 0 Å². The van der Waals surface area contributed by atoms with Crippen LogP contribution in [0.3, 0.4) is 0 Å². The topological polar surface area (TPSA) is 58.6 Å². The van der Waals surface area contributed by atoms with Gasteiger partial charge in [0.1, 0.15) is 17.3 Å². The molecule has 0 radical (unpaired) electrons. The van der Waals surface area contributed by atoms with Gasteiger partial charge in [0, 0.05) is 6.07 Å². The Balaban J connectivity index is 2.32. The van der Waals surface area contributed by atoms with E-state index in [-0.39, 0.29) is 26.5 Å². The second-order valence-electron chi connectivity index (χ2n) is 4.08. The van der Waals surface area contributed by atoms with E-state index in [1.54, 1.807) is 0 Å². The van der Waals surface area contributed by atoms with Crippen LogP contribution in [0.25, 0.3) is 0 Å². The van der Waals surface area contributed by atoms with E-state index in [9.17, 15) is 14.3 Å². The molecule has 2 aromatic carbocycles. The molecule has 0 spiro atoms. The van der Waals surface area contributed by atoms with Gasteiger partial charge in [-0.3, -0.25) is 4.79 Å². The van der Waals surface area contributed by atoms with E-state index >= 15 is 0 Å². The maximum Gasteiger partial charge on any atom is 0.257 e. The van der Waals surface area contributed by atoms with E-state index in [1.165, 1.54) is 31.4 Å². The Morgan fingerprint density at radius 3 is 2.76 bits per heavy atom. The lowest BCUT2D eigenvalue weighted by Crippen LogP contribution is -2.13. The van der Waals surface area contributed by atoms with Crippen LogP contribution >= 0.6 is 27.5 Å². The Labute approximate surface area is 133 Å². The highest BCUT2D eigenvalue weighted by Gasteiger charge is 2.16. The maximum atomic E-state index is 13.5. The van der Waals surface area contributed by atoms with Gasteiger partial charge in [-0.1, -0.05) is 11.6 Å². The van der Waals surface area contributed by atoms with Crippen molar-refractivity contribution in [2.45, 2.75) is 0 Å². The first-order valence-electron chi connectivity index (χ1n) is 5.75. The standard InChI is InChI=1S/C14H10BrClFNO3/c1-21-7-2-3-13(19)12(4-7)18-14(20)8-5-11(17)9(15)6-10(8)16/h2-6,19H,1H3,(H,18,20). The fourth-order valence-corrected chi connectivity index (χ4v) is 2.35. The number of nitrogens with one attached hydrogen (secondary N) is 1. The van der Waals surface area contributed by atoms with Crippen LogP contribution in [-0.2, 0) is 0 Å². The van der Waals surface area contributed by atoms with Gasteiger partial charge >= 0.3 is 0 Å². The van der Waals surface area contributed by atoms with Crippen molar-refractivity contribution in [3.05, 3.63) is 51.2 Å². The maximum absolute atomic E-state index is 13.5. The lowest BCUT2D eigenvalue weighted by molar-refractivity contribution is 0.102. The van der Waals surface area contributed by atoms with Crippen molar-refractivity contribution < 1.29 is 19.0 Å². The van der Waals surface area contributed by atoms with Crippen molar-refractivity contribution in [1.29, 1.82) is 0 Å². The van der Waals surface area contributed by atoms with Gasteiger partial charge in [0.05, 0.1) is 27.9 Å². The second-order valence-corrected chi connectivity index (χ2v) is 5.34. The molecule has 0 unspecified atom stereocenters. The molecule has 0 aromatic heterocycles. The van der Waals surface area contributed by atoms with Crippen molar-refractivity contribution in [3.8, 4) is 11.5 Å². The summed E-state index contributed by atoms with van der Waals surface area (Å²) in [5.41, 5.74) is 0.0957. The first-order valence-corrected chi connectivity index (χ1v) is 6.92. The molecule has 0 aliphatic rings. The van der Waals surface area contributed by atoms with Crippen molar-refractivity contribution >= 4 is 39.1 Å². The predicted molar refractivity (Wildman–Crippen MR) is 81.7 cm³/mol. The van der Waals surface area contributed by atoms with Crippen LogP contribution in [0, 0.1) is 5.82 Å². The van der Waals surface area contributed by atoms with Gasteiger partial charge in [-0.15, -0.1) is 0 Å². The molecule has 2 rings (SSSR count). The average Bonchev–Trinajstić information content (AvgIpc) is 2.45. The number of benzene rings is 2. The molecule has 1 amide bonds. The Kier molecular flexibility index (Phi) is 4.69. The number of amides is 1. The molecule has 0 saturated heterocycles. The van der Waals surface area contributed by atoms with Crippen LogP contribution in [0.4, 0.5) is 10.1 Å². The Morgan fingerprint density at radius 1 is 1.38 bits per heavy atom. The summed E-state index contributed by atoms with van der Waals surface area (Å²) in [6.07, 6.45) is 0. The second kappa shape index (κ2) is 6.32. The van der Waals surface area contributed by atoms with Crippen LogP contribution < -0.4 is 10.1 Å². The molecule has 0 bridgehead atoms. The summed E-state index contributed by atoms with van der Waals surface area (Å²) in [6.45, 7) is 0. The summed E-state index contributed by atoms with van der Waals surface area (Å²) in [5.74, 6) is -0.941. The fraction of sp³-hybridized carbons (Fsp3) is 0.0714. The molecule has 0 heterocycles. The van der Waals surface area contributed by atoms with E-state index in [2.05, 4.69) is 21.2 Å². The molecule has 2 N–H and O–H groups in total. The molecular formula is C14H10BrClFNO3. The van der Waals surface area contributed by atoms with E-state index < -0.39 is 11.7 Å². The van der Waals surface area contributed by atoms with Gasteiger partial charge in [-0.2, -0.15) is 0 Å². The van der Waals surface area contributed by atoms with Gasteiger partial charge in [0.25, 0.3) is 5.91 Å². The summed E-state index contributed by atoms with van der Waals surface area (Å²) in [7, 11) is 1.46. The zero-order valence-electron chi connectivity index (χ0n) is 10.8. The monoisotopic (exact) mass is 373 g/mol. The highest BCUT2D eigenvalue weighted by atomic mass is 79.9. The summed E-state index contributed by atoms with van der Waals surface area (Å²) in [6, 6.07) is 6.65. The number of rotatable bonds is 3. The number of phenols is 1. The van der Waals surface area contributed by atoms with Gasteiger partial charge in [0.15, 0.2) is 0 Å². The zero-order valence-corrected chi connectivity index (χ0v) is 13.1. The van der Waals surface area contributed by atoms with E-state index in [1.807, 2.05) is 0 Å². The molecule has 0 atom stereocenters. The lowest BCUT2D eigenvalue weighted by Gasteiger charge is -2.10. The molecular weight excluding hydrogens is 365 g/mol. The zero-order chi connectivity index (χ0) is 15.6. The van der Waals surface area contributed by atoms with Crippen molar-refractivity contribution in [1.82, 2.24) is 0 Å². The number of methoxy groups -OCH3 is 1. The number of hydrogen-bond acceptors (Lipinski definition) is 3. The number of halogens is 3. The first kappa shape index (κ1) is 15.6. The SMILES string of the molecule is COc1ccc(O)c(NC(=O)c2cc(F)c(Br)cc2Cl)c1. The Hall–Kier alpha value is -1.79. The largest absolute Gasteiger partial charge is 0.506 e. The van der Waals surface area contributed by atoms with Gasteiger partial charge in [-0.25, -0.2) is 4.39 Å². The molecule has 0 aliphatic carbocycles. The van der Waals surface area contributed by atoms with Crippen molar-refractivity contribution in [3.63, 3.8) is 0 Å². The van der Waals surface area contributed by atoms with E-state index in [4.69, 9.17) is 16.3 Å². The Morgan fingerprint density at radius 2 is 2.10 bits per heavy atom. The molecule has 0 aliphatic heterocycles. The number of carbonyl (C=O) groups is 1. The lowest BCUT2D eigenvalue weighted by atomic mass is 10.2. The number of carbonyl (C=O) groups excluding carboxylic acids is 1. The highest BCUT2D eigenvalue weighted by molar-refractivity contribution is 9.10. The highest BCUT2D eigenvalue weighted by Crippen LogP contribution is 2.30. The number of hydrogen-bond donors (Lipinski definition) is 2. The van der Waals surface area contributed by atoms with Crippen molar-refractivity contribution in [2.24, 2.45) is 0 Å². The van der Waals surface area contributed by atoms with Gasteiger partial charge < -0.3 is 15.2 Å². The van der Waals surface area contributed by atoms with Crippen LogP contribution in [0.2, 0.25) is 5.02 Å². The average molecular weight is 375 g/mol. The minimum Gasteiger partial charge on any atom is -0.506 e. The molecule has 0 fully saturated rings. The molecule has 2 aromatic rings. The van der Waals surface area contributed by atoms with Crippen LogP contribution in [0.5, 0.6) is 11.5 Å². The summed E-state index contributed by atoms with van der Waals surface area (Å²) < 4.78 is 18.7. The normalized spacial score (nSPS) is 10.3. The van der Waals surface area contributed by atoms with Crippen molar-refractivity contribution in [2.75, 3.05) is 12.4 Å².